The Labute approximate surface area is 158 Å². The lowest BCUT2D eigenvalue weighted by Gasteiger charge is -2.15. The van der Waals surface area contributed by atoms with Crippen molar-refractivity contribution in [3.05, 3.63) is 60.2 Å². The van der Waals surface area contributed by atoms with E-state index in [4.69, 9.17) is 14.9 Å². The summed E-state index contributed by atoms with van der Waals surface area (Å²) < 4.78 is 11.2. The van der Waals surface area contributed by atoms with Crippen molar-refractivity contribution in [1.82, 2.24) is 0 Å². The summed E-state index contributed by atoms with van der Waals surface area (Å²) in [5.74, 6) is 0.347. The van der Waals surface area contributed by atoms with Crippen LogP contribution in [0, 0.1) is 0 Å². The van der Waals surface area contributed by atoms with Gasteiger partial charge in [0.1, 0.15) is 17.4 Å². The molecule has 5 nitrogen and oxygen atoms in total. The van der Waals surface area contributed by atoms with E-state index in [1.54, 1.807) is 0 Å². The summed E-state index contributed by atoms with van der Waals surface area (Å²) in [6.45, 7) is 2.27. The molecule has 0 aliphatic rings. The van der Waals surface area contributed by atoms with E-state index in [9.17, 15) is 9.90 Å². The van der Waals surface area contributed by atoms with Crippen LogP contribution in [0.1, 0.15) is 37.9 Å². The SMILES string of the molecule is CCOC(CCCC(O)c1ccc(-c2cc3ccccc3o2)cc1)C(N)=O. The maximum absolute atomic E-state index is 11.3. The van der Waals surface area contributed by atoms with Crippen LogP contribution < -0.4 is 5.73 Å². The molecule has 3 N–H and O–H groups in total. The van der Waals surface area contributed by atoms with Crippen LogP contribution in [0.3, 0.4) is 0 Å². The summed E-state index contributed by atoms with van der Waals surface area (Å²) in [4.78, 5) is 11.3. The quantitative estimate of drug-likeness (QED) is 0.594. The van der Waals surface area contributed by atoms with E-state index in [1.165, 1.54) is 0 Å². The second-order valence-corrected chi connectivity index (χ2v) is 6.56. The number of carbonyl (C=O) groups excluding carboxylic acids is 1. The molecular formula is C22H25NO4. The van der Waals surface area contributed by atoms with Gasteiger partial charge >= 0.3 is 0 Å². The van der Waals surface area contributed by atoms with Crippen LogP contribution in [0.15, 0.2) is 59.0 Å². The fourth-order valence-corrected chi connectivity index (χ4v) is 3.17. The van der Waals surface area contributed by atoms with Gasteiger partial charge in [-0.3, -0.25) is 4.79 Å². The van der Waals surface area contributed by atoms with Gasteiger partial charge in [-0.05, 0) is 43.9 Å². The highest BCUT2D eigenvalue weighted by Crippen LogP contribution is 2.29. The minimum atomic E-state index is -0.593. The summed E-state index contributed by atoms with van der Waals surface area (Å²) >= 11 is 0. The number of ether oxygens (including phenoxy) is 1. The van der Waals surface area contributed by atoms with Crippen molar-refractivity contribution < 1.29 is 19.1 Å². The molecule has 0 aliphatic heterocycles. The van der Waals surface area contributed by atoms with E-state index in [-0.39, 0.29) is 0 Å². The zero-order valence-electron chi connectivity index (χ0n) is 15.4. The highest BCUT2D eigenvalue weighted by molar-refractivity contribution is 5.82. The van der Waals surface area contributed by atoms with Crippen molar-refractivity contribution in [1.29, 1.82) is 0 Å². The molecule has 0 saturated carbocycles. The van der Waals surface area contributed by atoms with Gasteiger partial charge in [0.15, 0.2) is 0 Å². The van der Waals surface area contributed by atoms with Crippen molar-refractivity contribution in [2.24, 2.45) is 5.73 Å². The molecule has 1 aromatic heterocycles. The zero-order valence-corrected chi connectivity index (χ0v) is 15.4. The topological polar surface area (TPSA) is 85.7 Å². The minimum absolute atomic E-state index is 0.444. The number of aliphatic hydroxyl groups is 1. The van der Waals surface area contributed by atoms with Gasteiger partial charge < -0.3 is 20.0 Å². The molecule has 0 bridgehead atoms. The molecule has 2 unspecified atom stereocenters. The number of aliphatic hydroxyl groups excluding tert-OH is 1. The second-order valence-electron chi connectivity index (χ2n) is 6.56. The number of carbonyl (C=O) groups is 1. The predicted octanol–water partition coefficient (Wildman–Crippen LogP) is 4.19. The van der Waals surface area contributed by atoms with Crippen LogP contribution in [-0.4, -0.2) is 23.7 Å². The van der Waals surface area contributed by atoms with Gasteiger partial charge in [-0.1, -0.05) is 42.5 Å². The first-order chi connectivity index (χ1) is 13.1. The number of furan rings is 1. The van der Waals surface area contributed by atoms with Gasteiger partial charge in [0.2, 0.25) is 5.91 Å². The van der Waals surface area contributed by atoms with Crippen LogP contribution >= 0.6 is 0 Å². The van der Waals surface area contributed by atoms with E-state index in [2.05, 4.69) is 0 Å². The molecule has 0 radical (unpaired) electrons. The molecule has 3 rings (SSSR count). The molecule has 142 valence electrons. The normalized spacial score (nSPS) is 13.6. The maximum atomic E-state index is 11.3. The fourth-order valence-electron chi connectivity index (χ4n) is 3.17. The van der Waals surface area contributed by atoms with Gasteiger partial charge in [-0.25, -0.2) is 0 Å². The highest BCUT2D eigenvalue weighted by atomic mass is 16.5. The van der Waals surface area contributed by atoms with E-state index in [1.807, 2.05) is 61.5 Å². The van der Waals surface area contributed by atoms with Gasteiger partial charge in [0.25, 0.3) is 0 Å². The Kier molecular flexibility index (Phi) is 6.27. The standard InChI is InChI=1S/C22H25NO4/c1-2-26-20(22(23)25)9-5-7-18(24)15-10-12-16(13-11-15)21-14-17-6-3-4-8-19(17)27-21/h3-4,6,8,10-14,18,20,24H,2,5,7,9H2,1H3,(H2,23,25). The van der Waals surface area contributed by atoms with Crippen LogP contribution in [0.4, 0.5) is 0 Å². The number of nitrogens with two attached hydrogens (primary N) is 1. The van der Waals surface area contributed by atoms with Crippen LogP contribution in [0.2, 0.25) is 0 Å². The Bertz CT molecular complexity index is 852. The van der Waals surface area contributed by atoms with Crippen molar-refractivity contribution in [2.75, 3.05) is 6.61 Å². The monoisotopic (exact) mass is 367 g/mol. The number of rotatable bonds is 9. The second kappa shape index (κ2) is 8.84. The van der Waals surface area contributed by atoms with Gasteiger partial charge in [0.05, 0.1) is 6.10 Å². The number of benzene rings is 2. The van der Waals surface area contributed by atoms with Crippen LogP contribution in [-0.2, 0) is 9.53 Å². The first kappa shape index (κ1) is 19.1. The van der Waals surface area contributed by atoms with Crippen molar-refractivity contribution in [3.63, 3.8) is 0 Å². The van der Waals surface area contributed by atoms with E-state index >= 15 is 0 Å². The van der Waals surface area contributed by atoms with Gasteiger partial charge in [-0.15, -0.1) is 0 Å². The molecule has 0 spiro atoms. The van der Waals surface area contributed by atoms with Gasteiger partial charge in [0, 0.05) is 17.6 Å². The first-order valence-corrected chi connectivity index (χ1v) is 9.26. The lowest BCUT2D eigenvalue weighted by molar-refractivity contribution is -0.129. The number of fused-ring (bicyclic) bond motifs is 1. The van der Waals surface area contributed by atoms with Crippen molar-refractivity contribution in [2.45, 2.75) is 38.4 Å². The minimum Gasteiger partial charge on any atom is -0.456 e. The van der Waals surface area contributed by atoms with Crippen molar-refractivity contribution in [3.8, 4) is 11.3 Å². The number of para-hydroxylation sites is 1. The Hall–Kier alpha value is -2.63. The third-order valence-corrected chi connectivity index (χ3v) is 4.63. The van der Waals surface area contributed by atoms with E-state index in [0.717, 1.165) is 27.9 Å². The Morgan fingerprint density at radius 2 is 1.89 bits per heavy atom. The Balaban J connectivity index is 1.60. The number of hydrogen-bond acceptors (Lipinski definition) is 4. The lowest BCUT2D eigenvalue weighted by Crippen LogP contribution is -2.31. The number of primary amides is 1. The molecule has 0 aliphatic carbocycles. The van der Waals surface area contributed by atoms with Crippen molar-refractivity contribution >= 4 is 16.9 Å². The molecule has 1 amide bonds. The molecular weight excluding hydrogens is 342 g/mol. The summed E-state index contributed by atoms with van der Waals surface area (Å²) in [5, 5.41) is 11.5. The molecule has 2 aromatic carbocycles. The Morgan fingerprint density at radius 3 is 2.56 bits per heavy atom. The van der Waals surface area contributed by atoms with E-state index < -0.39 is 18.1 Å². The summed E-state index contributed by atoms with van der Waals surface area (Å²) in [6.07, 6.45) is 0.528. The predicted molar refractivity (Wildman–Crippen MR) is 105 cm³/mol. The fraction of sp³-hybridized carbons (Fsp3) is 0.318. The molecule has 0 saturated heterocycles. The summed E-state index contributed by atoms with van der Waals surface area (Å²) in [5.41, 5.74) is 7.97. The third-order valence-electron chi connectivity index (χ3n) is 4.63. The Morgan fingerprint density at radius 1 is 1.15 bits per heavy atom. The molecule has 5 heteroatoms. The summed E-state index contributed by atoms with van der Waals surface area (Å²) in [7, 11) is 0. The maximum Gasteiger partial charge on any atom is 0.246 e. The molecule has 0 fully saturated rings. The zero-order chi connectivity index (χ0) is 19.2. The number of amides is 1. The highest BCUT2D eigenvalue weighted by Gasteiger charge is 2.16. The molecule has 3 aromatic rings. The summed E-state index contributed by atoms with van der Waals surface area (Å²) in [6, 6.07) is 17.6. The molecule has 1 heterocycles. The van der Waals surface area contributed by atoms with Gasteiger partial charge in [-0.2, -0.15) is 0 Å². The number of hydrogen-bond donors (Lipinski definition) is 2. The average Bonchev–Trinajstić information content (AvgIpc) is 3.11. The third kappa shape index (κ3) is 4.76. The van der Waals surface area contributed by atoms with Crippen LogP contribution in [0.5, 0.6) is 0 Å². The molecule has 2 atom stereocenters. The first-order valence-electron chi connectivity index (χ1n) is 9.26. The van der Waals surface area contributed by atoms with E-state index in [0.29, 0.717) is 25.9 Å². The van der Waals surface area contributed by atoms with Crippen LogP contribution in [0.25, 0.3) is 22.3 Å². The lowest BCUT2D eigenvalue weighted by atomic mass is 10.0. The average molecular weight is 367 g/mol. The molecule has 27 heavy (non-hydrogen) atoms. The smallest absolute Gasteiger partial charge is 0.246 e. The largest absolute Gasteiger partial charge is 0.456 e.